The van der Waals surface area contributed by atoms with Gasteiger partial charge in [0.2, 0.25) is 5.76 Å². The highest BCUT2D eigenvalue weighted by atomic mass is 16.6. The summed E-state index contributed by atoms with van der Waals surface area (Å²) in [5.74, 6) is -3.47. The number of aliphatic carboxylic acids is 1. The van der Waals surface area contributed by atoms with Gasteiger partial charge in [-0.05, 0) is 20.3 Å². The molecule has 0 aromatic heterocycles. The van der Waals surface area contributed by atoms with Crippen LogP contribution in [0.1, 0.15) is 65.7 Å². The molecule has 0 atom stereocenters. The zero-order valence-corrected chi connectivity index (χ0v) is 14.5. The summed E-state index contributed by atoms with van der Waals surface area (Å²) in [6.07, 6.45) is 7.71. The van der Waals surface area contributed by atoms with Gasteiger partial charge in [0.25, 0.3) is 0 Å². The summed E-state index contributed by atoms with van der Waals surface area (Å²) in [7, 11) is 0. The van der Waals surface area contributed by atoms with Gasteiger partial charge in [-0.1, -0.05) is 45.4 Å². The molecule has 0 saturated heterocycles. The van der Waals surface area contributed by atoms with E-state index in [1.165, 1.54) is 25.7 Å². The summed E-state index contributed by atoms with van der Waals surface area (Å²) in [6, 6.07) is 0. The summed E-state index contributed by atoms with van der Waals surface area (Å²) in [6.45, 7) is 5.87. The predicted octanol–water partition coefficient (Wildman–Crippen LogP) is 2.31. The highest BCUT2D eigenvalue weighted by molar-refractivity contribution is 5.95. The van der Waals surface area contributed by atoms with Crippen LogP contribution < -0.4 is 5.11 Å². The van der Waals surface area contributed by atoms with Crippen molar-refractivity contribution in [1.29, 1.82) is 0 Å². The lowest BCUT2D eigenvalue weighted by Crippen LogP contribution is -2.30. The first-order chi connectivity index (χ1) is 11.1. The number of unbranched alkanes of at least 4 members (excludes halogenated alkanes) is 6. The maximum atomic E-state index is 12.0. The molecule has 0 N–H and O–H groups in total. The van der Waals surface area contributed by atoms with Crippen LogP contribution in [0.2, 0.25) is 0 Å². The van der Waals surface area contributed by atoms with E-state index < -0.39 is 23.5 Å². The fraction of sp³-hybridized carbons (Fsp3) is 0.765. The van der Waals surface area contributed by atoms with Crippen LogP contribution in [0.5, 0.6) is 0 Å². The number of carboxylic acids is 1. The third-order valence-corrected chi connectivity index (χ3v) is 3.14. The molecule has 0 rings (SSSR count). The van der Waals surface area contributed by atoms with Crippen LogP contribution in [-0.2, 0) is 23.8 Å². The van der Waals surface area contributed by atoms with Crippen molar-refractivity contribution in [3.05, 3.63) is 11.5 Å². The third-order valence-electron chi connectivity index (χ3n) is 3.14. The molecule has 0 spiro atoms. The Labute approximate surface area is 138 Å². The molecule has 23 heavy (non-hydrogen) atoms. The van der Waals surface area contributed by atoms with Crippen LogP contribution in [0.4, 0.5) is 0 Å². The molecule has 0 aliphatic rings. The average molecular weight is 329 g/mol. The molecule has 134 valence electrons. The van der Waals surface area contributed by atoms with Gasteiger partial charge in [-0.15, -0.1) is 0 Å². The molecular formula is C17H29O6-. The van der Waals surface area contributed by atoms with Gasteiger partial charge in [0.1, 0.15) is 5.97 Å². The number of carbonyl (C=O) groups excluding carboxylic acids is 2. The van der Waals surface area contributed by atoms with Crippen molar-refractivity contribution in [2.24, 2.45) is 0 Å². The highest BCUT2D eigenvalue weighted by Crippen LogP contribution is 2.12. The molecule has 0 bridgehead atoms. The quantitative estimate of drug-likeness (QED) is 0.210. The van der Waals surface area contributed by atoms with Crippen molar-refractivity contribution in [3.63, 3.8) is 0 Å². The molecule has 0 heterocycles. The Morgan fingerprint density at radius 3 is 1.78 bits per heavy atom. The largest absolute Gasteiger partial charge is 0.541 e. The Hall–Kier alpha value is -1.72. The average Bonchev–Trinajstić information content (AvgIpc) is 2.52. The first-order valence-corrected chi connectivity index (χ1v) is 8.46. The minimum atomic E-state index is -1.59. The smallest absolute Gasteiger partial charge is 0.377 e. The second kappa shape index (κ2) is 13.9. The number of carbonyl (C=O) groups is 2. The molecule has 0 aromatic carbocycles. The first-order valence-electron chi connectivity index (χ1n) is 8.46. The third kappa shape index (κ3) is 9.81. The number of rotatable bonds is 14. The number of hydrogen-bond acceptors (Lipinski definition) is 6. The molecule has 0 radical (unpaired) electrons. The van der Waals surface area contributed by atoms with E-state index in [0.717, 1.165) is 19.3 Å². The second-order valence-corrected chi connectivity index (χ2v) is 5.07. The molecule has 0 aromatic rings. The van der Waals surface area contributed by atoms with Gasteiger partial charge in [-0.2, -0.15) is 0 Å². The van der Waals surface area contributed by atoms with E-state index in [9.17, 15) is 14.7 Å². The van der Waals surface area contributed by atoms with Crippen molar-refractivity contribution in [1.82, 2.24) is 0 Å². The fourth-order valence-electron chi connectivity index (χ4n) is 2.01. The standard InChI is InChI=1S/C17H30O6/c1-4-7-8-9-10-11-12-13-23-17(20)15(22-6-3)14(16(18)19)21-5-2/h4-13H2,1-3H3,(H,18,19)/p-1/b15-14-. The van der Waals surface area contributed by atoms with E-state index in [1.807, 2.05) is 0 Å². The highest BCUT2D eigenvalue weighted by Gasteiger charge is 2.21. The van der Waals surface area contributed by atoms with Crippen LogP contribution in [0.3, 0.4) is 0 Å². The topological polar surface area (TPSA) is 84.9 Å². The maximum absolute atomic E-state index is 12.0. The molecule has 6 nitrogen and oxygen atoms in total. The van der Waals surface area contributed by atoms with Crippen LogP contribution in [0.25, 0.3) is 0 Å². The van der Waals surface area contributed by atoms with E-state index in [2.05, 4.69) is 6.92 Å². The van der Waals surface area contributed by atoms with Gasteiger partial charge in [-0.25, -0.2) is 4.79 Å². The van der Waals surface area contributed by atoms with Crippen molar-refractivity contribution in [3.8, 4) is 0 Å². The lowest BCUT2D eigenvalue weighted by Gasteiger charge is -2.15. The first kappa shape index (κ1) is 21.3. The Kier molecular flexibility index (Phi) is 12.9. The molecule has 0 aliphatic heterocycles. The number of ether oxygens (including phenoxy) is 3. The molecule has 0 aliphatic carbocycles. The zero-order chi connectivity index (χ0) is 17.5. The minimum absolute atomic E-state index is 0.0882. The van der Waals surface area contributed by atoms with Crippen LogP contribution in [-0.4, -0.2) is 31.8 Å². The molecule has 6 heteroatoms. The van der Waals surface area contributed by atoms with E-state index >= 15 is 0 Å². The van der Waals surface area contributed by atoms with Gasteiger partial charge < -0.3 is 24.1 Å². The van der Waals surface area contributed by atoms with E-state index in [-0.39, 0.29) is 19.8 Å². The summed E-state index contributed by atoms with van der Waals surface area (Å²) in [5.41, 5.74) is 0. The number of esters is 1. The normalized spacial score (nSPS) is 11.6. The predicted molar refractivity (Wildman–Crippen MR) is 84.2 cm³/mol. The summed E-state index contributed by atoms with van der Waals surface area (Å²) in [5, 5.41) is 11.0. The second-order valence-electron chi connectivity index (χ2n) is 5.07. The summed E-state index contributed by atoms with van der Waals surface area (Å²) in [4.78, 5) is 23.0. The van der Waals surface area contributed by atoms with Gasteiger partial charge in [0.15, 0.2) is 5.76 Å². The van der Waals surface area contributed by atoms with Crippen LogP contribution in [0.15, 0.2) is 11.5 Å². The molecule has 0 amide bonds. The van der Waals surface area contributed by atoms with Gasteiger partial charge in [0, 0.05) is 0 Å². The minimum Gasteiger partial charge on any atom is -0.541 e. The van der Waals surface area contributed by atoms with Crippen molar-refractivity contribution >= 4 is 11.9 Å². The molecule has 0 saturated carbocycles. The van der Waals surface area contributed by atoms with E-state index in [1.54, 1.807) is 13.8 Å². The lowest BCUT2D eigenvalue weighted by molar-refractivity contribution is -0.303. The summed E-state index contributed by atoms with van der Waals surface area (Å²) < 4.78 is 15.0. The summed E-state index contributed by atoms with van der Waals surface area (Å²) >= 11 is 0. The van der Waals surface area contributed by atoms with Crippen molar-refractivity contribution in [2.75, 3.05) is 19.8 Å². The Bertz CT molecular complexity index is 375. The monoisotopic (exact) mass is 329 g/mol. The maximum Gasteiger partial charge on any atom is 0.377 e. The van der Waals surface area contributed by atoms with E-state index in [4.69, 9.17) is 14.2 Å². The van der Waals surface area contributed by atoms with Crippen LogP contribution in [0, 0.1) is 0 Å². The number of hydrogen-bond donors (Lipinski definition) is 0. The Balaban J connectivity index is 4.30. The lowest BCUT2D eigenvalue weighted by atomic mass is 10.1. The Morgan fingerprint density at radius 2 is 1.26 bits per heavy atom. The van der Waals surface area contributed by atoms with Crippen molar-refractivity contribution in [2.45, 2.75) is 65.7 Å². The molecule has 0 unspecified atom stereocenters. The van der Waals surface area contributed by atoms with E-state index in [0.29, 0.717) is 0 Å². The van der Waals surface area contributed by atoms with Gasteiger partial charge in [0.05, 0.1) is 19.8 Å². The zero-order valence-electron chi connectivity index (χ0n) is 14.5. The Morgan fingerprint density at radius 1 is 0.739 bits per heavy atom. The van der Waals surface area contributed by atoms with Gasteiger partial charge in [-0.3, -0.25) is 0 Å². The number of carboxylic acid groups (broad SMARTS) is 1. The molecule has 0 fully saturated rings. The SMILES string of the molecule is CCCCCCCCCOC(=O)/C(OCC)=C(/OCC)C(=O)[O-]. The fourth-order valence-corrected chi connectivity index (χ4v) is 2.01. The molecular weight excluding hydrogens is 300 g/mol. The van der Waals surface area contributed by atoms with Crippen molar-refractivity contribution < 1.29 is 28.9 Å². The van der Waals surface area contributed by atoms with Gasteiger partial charge >= 0.3 is 5.97 Å². The van der Waals surface area contributed by atoms with Crippen LogP contribution >= 0.6 is 0 Å².